The summed E-state index contributed by atoms with van der Waals surface area (Å²) in [5, 5.41) is 3.24. The lowest BCUT2D eigenvalue weighted by Gasteiger charge is -2.29. The highest BCUT2D eigenvalue weighted by Gasteiger charge is 2.20. The summed E-state index contributed by atoms with van der Waals surface area (Å²) >= 11 is 0. The first-order valence-electron chi connectivity index (χ1n) is 9.48. The number of ether oxygens (including phenoxy) is 1. The number of hydrogen-bond donors (Lipinski definition) is 1. The molecule has 0 unspecified atom stereocenters. The Bertz CT molecular complexity index is 990. The van der Waals surface area contributed by atoms with Gasteiger partial charge in [0.15, 0.2) is 0 Å². The highest BCUT2D eigenvalue weighted by Crippen LogP contribution is 2.32. The normalized spacial score (nSPS) is 13.0. The summed E-state index contributed by atoms with van der Waals surface area (Å²) in [5.74, 6) is 0.917. The molecule has 0 saturated heterocycles. The summed E-state index contributed by atoms with van der Waals surface area (Å²) in [7, 11) is 0. The van der Waals surface area contributed by atoms with Crippen LogP contribution in [0.4, 0.5) is 23.1 Å². The maximum atomic E-state index is 12.2. The van der Waals surface area contributed by atoms with Gasteiger partial charge in [-0.1, -0.05) is 30.3 Å². The molecule has 3 aromatic rings. The van der Waals surface area contributed by atoms with E-state index in [0.717, 1.165) is 25.1 Å². The molecule has 6 heteroatoms. The number of anilines is 4. The number of para-hydroxylation sites is 2. The molecule has 0 fully saturated rings. The minimum atomic E-state index is -0.357. The van der Waals surface area contributed by atoms with Gasteiger partial charge in [-0.25, -0.2) is 9.78 Å². The number of nitrogens with zero attached hydrogens (tertiary/aromatic N) is 3. The van der Waals surface area contributed by atoms with E-state index in [-0.39, 0.29) is 5.97 Å². The first-order chi connectivity index (χ1) is 13.8. The summed E-state index contributed by atoms with van der Waals surface area (Å²) < 4.78 is 5.14. The van der Waals surface area contributed by atoms with E-state index in [1.54, 1.807) is 25.3 Å². The summed E-state index contributed by atoms with van der Waals surface area (Å²) in [6.45, 7) is 3.00. The SMILES string of the molecule is CCOC(=O)c1ccccc1Nc1ccnc(N2CCCc3ccccc32)n1. The van der Waals surface area contributed by atoms with Crippen LogP contribution in [0.3, 0.4) is 0 Å². The third-order valence-electron chi connectivity index (χ3n) is 4.68. The van der Waals surface area contributed by atoms with Gasteiger partial charge in [-0.2, -0.15) is 4.98 Å². The molecule has 142 valence electrons. The topological polar surface area (TPSA) is 67.3 Å². The largest absolute Gasteiger partial charge is 0.462 e. The smallest absolute Gasteiger partial charge is 0.340 e. The van der Waals surface area contributed by atoms with Gasteiger partial charge < -0.3 is 15.0 Å². The minimum Gasteiger partial charge on any atom is -0.462 e. The Labute approximate surface area is 164 Å². The van der Waals surface area contributed by atoms with Crippen LogP contribution >= 0.6 is 0 Å². The number of aryl methyl sites for hydroxylation is 1. The lowest BCUT2D eigenvalue weighted by Crippen LogP contribution is -2.26. The van der Waals surface area contributed by atoms with Crippen LogP contribution in [0.15, 0.2) is 60.8 Å². The van der Waals surface area contributed by atoms with Crippen LogP contribution in [-0.4, -0.2) is 29.1 Å². The van der Waals surface area contributed by atoms with Gasteiger partial charge in [0.05, 0.1) is 17.9 Å². The number of carbonyl (C=O) groups is 1. The molecular weight excluding hydrogens is 352 g/mol. The molecule has 6 nitrogen and oxygen atoms in total. The van der Waals surface area contributed by atoms with Crippen molar-refractivity contribution in [3.8, 4) is 0 Å². The van der Waals surface area contributed by atoms with Crippen molar-refractivity contribution in [1.82, 2.24) is 9.97 Å². The number of nitrogens with one attached hydrogen (secondary N) is 1. The van der Waals surface area contributed by atoms with Gasteiger partial charge in [-0.15, -0.1) is 0 Å². The summed E-state index contributed by atoms with van der Waals surface area (Å²) in [6.07, 6.45) is 3.86. The highest BCUT2D eigenvalue weighted by atomic mass is 16.5. The molecule has 0 amide bonds. The standard InChI is InChI=1S/C22H22N4O2/c1-2-28-21(27)17-10-4-5-11-18(17)24-20-13-14-23-22(25-20)26-15-7-9-16-8-3-6-12-19(16)26/h3-6,8,10-14H,2,7,9,15H2,1H3,(H,23,24,25). The molecule has 2 aromatic carbocycles. The van der Waals surface area contributed by atoms with Gasteiger partial charge >= 0.3 is 5.97 Å². The molecular formula is C22H22N4O2. The van der Waals surface area contributed by atoms with Gasteiger partial charge in [0.1, 0.15) is 5.82 Å². The molecule has 1 N–H and O–H groups in total. The van der Waals surface area contributed by atoms with Crippen molar-refractivity contribution in [2.45, 2.75) is 19.8 Å². The van der Waals surface area contributed by atoms with Crippen LogP contribution < -0.4 is 10.2 Å². The molecule has 4 rings (SSSR count). The van der Waals surface area contributed by atoms with Gasteiger partial charge in [0.25, 0.3) is 0 Å². The van der Waals surface area contributed by atoms with Crippen molar-refractivity contribution in [1.29, 1.82) is 0 Å². The van der Waals surface area contributed by atoms with Crippen molar-refractivity contribution < 1.29 is 9.53 Å². The van der Waals surface area contributed by atoms with Crippen LogP contribution in [0.1, 0.15) is 29.3 Å². The molecule has 0 radical (unpaired) electrons. The van der Waals surface area contributed by atoms with Crippen molar-refractivity contribution in [2.24, 2.45) is 0 Å². The molecule has 0 spiro atoms. The van der Waals surface area contributed by atoms with E-state index in [1.165, 1.54) is 5.56 Å². The number of benzene rings is 2. The minimum absolute atomic E-state index is 0.333. The second-order valence-electron chi connectivity index (χ2n) is 6.52. The molecule has 28 heavy (non-hydrogen) atoms. The number of fused-ring (bicyclic) bond motifs is 1. The fourth-order valence-corrected chi connectivity index (χ4v) is 3.41. The zero-order valence-corrected chi connectivity index (χ0v) is 15.8. The number of carbonyl (C=O) groups excluding carboxylic acids is 1. The highest BCUT2D eigenvalue weighted by molar-refractivity contribution is 5.96. The second-order valence-corrected chi connectivity index (χ2v) is 6.52. The van der Waals surface area contributed by atoms with E-state index in [1.807, 2.05) is 24.3 Å². The molecule has 2 heterocycles. The summed E-state index contributed by atoms with van der Waals surface area (Å²) in [6, 6.07) is 17.4. The second kappa shape index (κ2) is 8.08. The molecule has 1 aliphatic rings. The number of aromatic nitrogens is 2. The average molecular weight is 374 g/mol. The first-order valence-corrected chi connectivity index (χ1v) is 9.48. The molecule has 1 aliphatic heterocycles. The van der Waals surface area contributed by atoms with Crippen LogP contribution in [0.2, 0.25) is 0 Å². The molecule has 0 saturated carbocycles. The van der Waals surface area contributed by atoms with E-state index in [0.29, 0.717) is 29.6 Å². The Kier molecular flexibility index (Phi) is 5.19. The zero-order valence-electron chi connectivity index (χ0n) is 15.8. The number of hydrogen-bond acceptors (Lipinski definition) is 6. The summed E-state index contributed by atoms with van der Waals surface area (Å²) in [5.41, 5.74) is 3.60. The molecule has 0 aliphatic carbocycles. The predicted octanol–water partition coefficient (Wildman–Crippen LogP) is 4.48. The summed E-state index contributed by atoms with van der Waals surface area (Å²) in [4.78, 5) is 23.5. The Hall–Kier alpha value is -3.41. The molecule has 0 bridgehead atoms. The van der Waals surface area contributed by atoms with Gasteiger partial charge in [0, 0.05) is 18.4 Å². The number of esters is 1. The van der Waals surface area contributed by atoms with Gasteiger partial charge in [-0.05, 0) is 49.6 Å². The van der Waals surface area contributed by atoms with Gasteiger partial charge in [0.2, 0.25) is 5.95 Å². The number of rotatable bonds is 5. The van der Waals surface area contributed by atoms with Crippen LogP contribution in [0.5, 0.6) is 0 Å². The van der Waals surface area contributed by atoms with Crippen LogP contribution in [-0.2, 0) is 11.2 Å². The maximum absolute atomic E-state index is 12.2. The van der Waals surface area contributed by atoms with Crippen molar-refractivity contribution in [2.75, 3.05) is 23.4 Å². The fraction of sp³-hybridized carbons (Fsp3) is 0.227. The first kappa shape index (κ1) is 18.0. The van der Waals surface area contributed by atoms with Gasteiger partial charge in [-0.3, -0.25) is 0 Å². The van der Waals surface area contributed by atoms with Crippen molar-refractivity contribution in [3.05, 3.63) is 71.9 Å². The van der Waals surface area contributed by atoms with E-state index in [4.69, 9.17) is 4.74 Å². The average Bonchev–Trinajstić information content (AvgIpc) is 2.74. The van der Waals surface area contributed by atoms with Crippen molar-refractivity contribution >= 4 is 29.1 Å². The van der Waals surface area contributed by atoms with Crippen LogP contribution in [0.25, 0.3) is 0 Å². The maximum Gasteiger partial charge on any atom is 0.340 e. The van der Waals surface area contributed by atoms with E-state index >= 15 is 0 Å². The Morgan fingerprint density at radius 2 is 1.96 bits per heavy atom. The van der Waals surface area contributed by atoms with E-state index in [2.05, 4.69) is 38.4 Å². The quantitative estimate of drug-likeness (QED) is 0.664. The third kappa shape index (κ3) is 3.67. The van der Waals surface area contributed by atoms with Crippen molar-refractivity contribution in [3.63, 3.8) is 0 Å². The molecule has 0 atom stereocenters. The lowest BCUT2D eigenvalue weighted by atomic mass is 10.0. The fourth-order valence-electron chi connectivity index (χ4n) is 3.41. The predicted molar refractivity (Wildman–Crippen MR) is 109 cm³/mol. The monoisotopic (exact) mass is 374 g/mol. The van der Waals surface area contributed by atoms with E-state index < -0.39 is 0 Å². The van der Waals surface area contributed by atoms with E-state index in [9.17, 15) is 4.79 Å². The Morgan fingerprint density at radius 1 is 1.14 bits per heavy atom. The van der Waals surface area contributed by atoms with Crippen LogP contribution in [0, 0.1) is 0 Å². The zero-order chi connectivity index (χ0) is 19.3. The third-order valence-corrected chi connectivity index (χ3v) is 4.68. The Morgan fingerprint density at radius 3 is 2.86 bits per heavy atom. The Balaban J connectivity index is 1.62. The molecule has 1 aromatic heterocycles. The lowest BCUT2D eigenvalue weighted by molar-refractivity contribution is 0.0527.